The van der Waals surface area contributed by atoms with E-state index in [0.717, 1.165) is 16.9 Å². The minimum Gasteiger partial charge on any atom is -0.497 e. The topological polar surface area (TPSA) is 106 Å². The Kier molecular flexibility index (Phi) is 5.68. The molecule has 3 rings (SSSR count). The molecule has 2 aromatic rings. The number of nitrogens with zero attached hydrogens (tertiary/aromatic N) is 1. The monoisotopic (exact) mass is 370 g/mol. The van der Waals surface area contributed by atoms with Crippen molar-refractivity contribution in [1.29, 1.82) is 0 Å². The predicted molar refractivity (Wildman–Crippen MR) is 100 cm³/mol. The van der Waals surface area contributed by atoms with Crippen molar-refractivity contribution in [1.82, 2.24) is 16.2 Å². The van der Waals surface area contributed by atoms with E-state index in [1.165, 1.54) is 12.1 Å². The maximum absolute atomic E-state index is 12.8. The molecule has 8 nitrogen and oxygen atoms in total. The fourth-order valence-corrected chi connectivity index (χ4v) is 3.16. The molecule has 0 bridgehead atoms. The van der Waals surface area contributed by atoms with Crippen molar-refractivity contribution in [3.63, 3.8) is 0 Å². The molecule has 1 amide bonds. The number of rotatable bonds is 6. The second-order valence-corrected chi connectivity index (χ2v) is 6.46. The Bertz CT molecular complexity index is 807. The van der Waals surface area contributed by atoms with Crippen LogP contribution in [0.4, 0.5) is 5.69 Å². The predicted octanol–water partition coefficient (Wildman–Crippen LogP) is 2.25. The number of methoxy groups -OCH3 is 1. The third kappa shape index (κ3) is 4.24. The minimum atomic E-state index is -0.440. The highest BCUT2D eigenvalue weighted by Crippen LogP contribution is 2.27. The molecular weight excluding hydrogens is 348 g/mol. The Balaban J connectivity index is 1.68. The molecule has 1 heterocycles. The van der Waals surface area contributed by atoms with Crippen LogP contribution in [0.5, 0.6) is 5.75 Å². The number of carbonyl (C=O) groups is 1. The number of ether oxygens (including phenoxy) is 1. The van der Waals surface area contributed by atoms with Gasteiger partial charge in [0.1, 0.15) is 5.75 Å². The lowest BCUT2D eigenvalue weighted by atomic mass is 9.93. The molecule has 1 saturated heterocycles. The number of nitro benzene ring substituents is 1. The van der Waals surface area contributed by atoms with E-state index in [9.17, 15) is 14.9 Å². The summed E-state index contributed by atoms with van der Waals surface area (Å²) >= 11 is 0. The lowest BCUT2D eigenvalue weighted by Crippen LogP contribution is -2.36. The molecule has 142 valence electrons. The van der Waals surface area contributed by atoms with Gasteiger partial charge in [-0.2, -0.15) is 0 Å². The maximum Gasteiger partial charge on any atom is 0.269 e. The Labute approximate surface area is 157 Å². The van der Waals surface area contributed by atoms with E-state index in [2.05, 4.69) is 16.2 Å². The van der Waals surface area contributed by atoms with E-state index in [1.807, 2.05) is 31.2 Å². The van der Waals surface area contributed by atoms with E-state index in [4.69, 9.17) is 4.74 Å². The Hall–Kier alpha value is -2.97. The van der Waals surface area contributed by atoms with Gasteiger partial charge in [-0.1, -0.05) is 24.3 Å². The summed E-state index contributed by atoms with van der Waals surface area (Å²) < 4.78 is 5.15. The zero-order valence-corrected chi connectivity index (χ0v) is 15.1. The van der Waals surface area contributed by atoms with Gasteiger partial charge in [0.15, 0.2) is 0 Å². The number of non-ortho nitro benzene ring substituents is 1. The number of benzene rings is 2. The molecule has 27 heavy (non-hydrogen) atoms. The van der Waals surface area contributed by atoms with Crippen LogP contribution in [0.3, 0.4) is 0 Å². The fourth-order valence-electron chi connectivity index (χ4n) is 3.16. The van der Waals surface area contributed by atoms with Crippen molar-refractivity contribution in [2.24, 2.45) is 5.92 Å². The summed E-state index contributed by atoms with van der Waals surface area (Å²) in [6.07, 6.45) is 0. The number of nitro groups is 1. The van der Waals surface area contributed by atoms with Crippen LogP contribution in [0, 0.1) is 16.0 Å². The quantitative estimate of drug-likeness (QED) is 0.532. The zero-order chi connectivity index (χ0) is 19.4. The van der Waals surface area contributed by atoms with Crippen molar-refractivity contribution in [3.8, 4) is 5.75 Å². The number of hydrogen-bond acceptors (Lipinski definition) is 6. The second kappa shape index (κ2) is 8.15. The van der Waals surface area contributed by atoms with Crippen molar-refractivity contribution in [3.05, 3.63) is 69.8 Å². The fraction of sp³-hybridized carbons (Fsp3) is 0.316. The highest BCUT2D eigenvalue weighted by atomic mass is 16.6. The standard InChI is InChI=1S/C19H22N4O4/c1-12(13-5-9-16(27-2)10-6-13)21-19(24)17-11-20-22-18(17)14-3-7-15(8-4-14)23(25)26/h3-10,12,17-18,20,22H,11H2,1-2H3,(H,21,24). The first-order chi connectivity index (χ1) is 13.0. The van der Waals surface area contributed by atoms with Gasteiger partial charge in [-0.15, -0.1) is 0 Å². The lowest BCUT2D eigenvalue weighted by molar-refractivity contribution is -0.384. The van der Waals surface area contributed by atoms with E-state index < -0.39 is 4.92 Å². The summed E-state index contributed by atoms with van der Waals surface area (Å²) in [6.45, 7) is 2.40. The first kappa shape index (κ1) is 18.8. The van der Waals surface area contributed by atoms with Crippen molar-refractivity contribution in [2.75, 3.05) is 13.7 Å². The molecule has 2 aromatic carbocycles. The first-order valence-electron chi connectivity index (χ1n) is 8.66. The summed E-state index contributed by atoms with van der Waals surface area (Å²) in [6, 6.07) is 13.4. The molecule has 3 atom stereocenters. The van der Waals surface area contributed by atoms with E-state index >= 15 is 0 Å². The van der Waals surface area contributed by atoms with Gasteiger partial charge in [0.25, 0.3) is 5.69 Å². The molecule has 0 spiro atoms. The van der Waals surface area contributed by atoms with Crippen LogP contribution >= 0.6 is 0 Å². The second-order valence-electron chi connectivity index (χ2n) is 6.46. The number of hydrazine groups is 1. The summed E-state index contributed by atoms with van der Waals surface area (Å²) in [4.78, 5) is 23.2. The van der Waals surface area contributed by atoms with Gasteiger partial charge in [-0.3, -0.25) is 20.3 Å². The normalized spacial score (nSPS) is 20.1. The molecule has 3 unspecified atom stereocenters. The van der Waals surface area contributed by atoms with Gasteiger partial charge in [0, 0.05) is 18.7 Å². The SMILES string of the molecule is COc1ccc(C(C)NC(=O)C2CNNC2c2ccc([N+](=O)[O-])cc2)cc1. The van der Waals surface area contributed by atoms with Crippen LogP contribution in [0.15, 0.2) is 48.5 Å². The van der Waals surface area contributed by atoms with Gasteiger partial charge in [-0.05, 0) is 30.2 Å². The molecule has 0 saturated carbocycles. The molecule has 0 aromatic heterocycles. The average molecular weight is 370 g/mol. The Morgan fingerprint density at radius 1 is 1.22 bits per heavy atom. The minimum absolute atomic E-state index is 0.0267. The van der Waals surface area contributed by atoms with Crippen LogP contribution in [0.25, 0.3) is 0 Å². The van der Waals surface area contributed by atoms with E-state index in [0.29, 0.717) is 6.54 Å². The van der Waals surface area contributed by atoms with Gasteiger partial charge in [-0.25, -0.2) is 5.43 Å². The molecule has 0 aliphatic carbocycles. The maximum atomic E-state index is 12.8. The van der Waals surface area contributed by atoms with Crippen LogP contribution in [0.2, 0.25) is 0 Å². The van der Waals surface area contributed by atoms with Gasteiger partial charge in [0.2, 0.25) is 5.91 Å². The third-order valence-electron chi connectivity index (χ3n) is 4.76. The first-order valence-corrected chi connectivity index (χ1v) is 8.66. The molecule has 0 radical (unpaired) electrons. The highest BCUT2D eigenvalue weighted by molar-refractivity contribution is 5.80. The largest absolute Gasteiger partial charge is 0.497 e. The van der Waals surface area contributed by atoms with Crippen LogP contribution in [0.1, 0.15) is 30.1 Å². The van der Waals surface area contributed by atoms with Crippen molar-refractivity contribution < 1.29 is 14.5 Å². The zero-order valence-electron chi connectivity index (χ0n) is 15.1. The average Bonchev–Trinajstić information content (AvgIpc) is 3.18. The lowest BCUT2D eigenvalue weighted by Gasteiger charge is -2.21. The molecule has 8 heteroatoms. The van der Waals surface area contributed by atoms with Crippen molar-refractivity contribution >= 4 is 11.6 Å². The molecular formula is C19H22N4O4. The molecule has 1 aliphatic heterocycles. The summed E-state index contributed by atoms with van der Waals surface area (Å²) in [5.41, 5.74) is 7.92. The van der Waals surface area contributed by atoms with Crippen molar-refractivity contribution in [2.45, 2.75) is 19.0 Å². The number of hydrogen-bond donors (Lipinski definition) is 3. The summed E-state index contributed by atoms with van der Waals surface area (Å²) in [5, 5.41) is 13.8. The van der Waals surface area contributed by atoms with Crippen LogP contribution < -0.4 is 20.9 Å². The van der Waals surface area contributed by atoms with E-state index in [1.54, 1.807) is 19.2 Å². The van der Waals surface area contributed by atoms with Gasteiger partial charge in [0.05, 0.1) is 30.0 Å². The molecule has 1 fully saturated rings. The van der Waals surface area contributed by atoms with E-state index in [-0.39, 0.29) is 29.6 Å². The van der Waals surface area contributed by atoms with Crippen LogP contribution in [-0.4, -0.2) is 24.5 Å². The molecule has 3 N–H and O–H groups in total. The summed E-state index contributed by atoms with van der Waals surface area (Å²) in [5.74, 6) is 0.353. The Morgan fingerprint density at radius 2 is 1.89 bits per heavy atom. The summed E-state index contributed by atoms with van der Waals surface area (Å²) in [7, 11) is 1.61. The number of carbonyl (C=O) groups excluding carboxylic acids is 1. The number of nitrogens with one attached hydrogen (secondary N) is 3. The van der Waals surface area contributed by atoms with Crippen LogP contribution in [-0.2, 0) is 4.79 Å². The number of amides is 1. The molecule has 1 aliphatic rings. The third-order valence-corrected chi connectivity index (χ3v) is 4.76. The Morgan fingerprint density at radius 3 is 2.48 bits per heavy atom. The van der Waals surface area contributed by atoms with Gasteiger partial charge < -0.3 is 10.1 Å². The smallest absolute Gasteiger partial charge is 0.269 e. The highest BCUT2D eigenvalue weighted by Gasteiger charge is 2.34. The van der Waals surface area contributed by atoms with Gasteiger partial charge >= 0.3 is 0 Å².